The maximum Gasteiger partial charge on any atom is 0.139 e. The highest BCUT2D eigenvalue weighted by Gasteiger charge is 2.12. The molecule has 6 heteroatoms. The van der Waals surface area contributed by atoms with E-state index in [4.69, 9.17) is 5.73 Å². The standard InChI is InChI=1S/C11H14N4OS/c1-8-4-3-5-9(11(8)12)17(16)6-10-13-7-14-15(10)2/h3-5,7H,6,12H2,1-2H3. The van der Waals surface area contributed by atoms with Crippen LogP contribution in [0.1, 0.15) is 11.4 Å². The first-order valence-corrected chi connectivity index (χ1v) is 6.48. The van der Waals surface area contributed by atoms with Crippen LogP contribution in [0.15, 0.2) is 29.4 Å². The zero-order valence-corrected chi connectivity index (χ0v) is 10.6. The first kappa shape index (κ1) is 11.8. The van der Waals surface area contributed by atoms with E-state index in [2.05, 4.69) is 10.1 Å². The van der Waals surface area contributed by atoms with Crippen LogP contribution in [-0.4, -0.2) is 19.0 Å². The van der Waals surface area contributed by atoms with Crippen molar-refractivity contribution in [1.82, 2.24) is 14.8 Å². The van der Waals surface area contributed by atoms with Crippen LogP contribution in [0.4, 0.5) is 5.69 Å². The lowest BCUT2D eigenvalue weighted by Gasteiger charge is -2.07. The molecule has 1 heterocycles. The Morgan fingerprint density at radius 1 is 1.47 bits per heavy atom. The van der Waals surface area contributed by atoms with Crippen molar-refractivity contribution in [2.45, 2.75) is 17.6 Å². The molecule has 0 spiro atoms. The summed E-state index contributed by atoms with van der Waals surface area (Å²) in [7, 11) is 0.584. The van der Waals surface area contributed by atoms with Crippen molar-refractivity contribution >= 4 is 16.5 Å². The first-order chi connectivity index (χ1) is 8.09. The Hall–Kier alpha value is -1.69. The average Bonchev–Trinajstić information content (AvgIpc) is 2.68. The van der Waals surface area contributed by atoms with Gasteiger partial charge in [-0.3, -0.25) is 8.89 Å². The molecular formula is C11H14N4OS. The van der Waals surface area contributed by atoms with Gasteiger partial charge in [0, 0.05) is 7.05 Å². The van der Waals surface area contributed by atoms with E-state index < -0.39 is 10.8 Å². The number of para-hydroxylation sites is 1. The predicted octanol–water partition coefficient (Wildman–Crippen LogP) is 1.01. The fraction of sp³-hybridized carbons (Fsp3) is 0.273. The SMILES string of the molecule is Cc1cccc(S(=O)Cc2ncnn2C)c1N. The topological polar surface area (TPSA) is 73.8 Å². The van der Waals surface area contributed by atoms with E-state index in [1.54, 1.807) is 17.8 Å². The van der Waals surface area contributed by atoms with Crippen molar-refractivity contribution in [2.75, 3.05) is 5.73 Å². The molecule has 2 aromatic rings. The molecule has 0 bridgehead atoms. The number of nitrogen functional groups attached to an aromatic ring is 1. The number of aryl methyl sites for hydroxylation is 2. The number of hydrogen-bond donors (Lipinski definition) is 1. The van der Waals surface area contributed by atoms with Gasteiger partial charge >= 0.3 is 0 Å². The molecule has 0 saturated carbocycles. The molecule has 2 rings (SSSR count). The van der Waals surface area contributed by atoms with Gasteiger partial charge in [-0.2, -0.15) is 5.10 Å². The van der Waals surface area contributed by atoms with E-state index in [1.807, 2.05) is 19.1 Å². The van der Waals surface area contributed by atoms with E-state index in [-0.39, 0.29) is 0 Å². The van der Waals surface area contributed by atoms with Crippen LogP contribution >= 0.6 is 0 Å². The molecule has 90 valence electrons. The number of anilines is 1. The van der Waals surface area contributed by atoms with Crippen LogP contribution in [0.3, 0.4) is 0 Å². The van der Waals surface area contributed by atoms with Crippen molar-refractivity contribution < 1.29 is 4.21 Å². The predicted molar refractivity (Wildman–Crippen MR) is 66.7 cm³/mol. The van der Waals surface area contributed by atoms with Gasteiger partial charge < -0.3 is 5.73 Å². The molecule has 1 aromatic heterocycles. The number of aromatic nitrogens is 3. The quantitative estimate of drug-likeness (QED) is 0.825. The molecule has 0 aliphatic carbocycles. The molecule has 1 atom stereocenters. The summed E-state index contributed by atoms with van der Waals surface area (Å²) < 4.78 is 13.8. The van der Waals surface area contributed by atoms with E-state index in [1.165, 1.54) is 6.33 Å². The van der Waals surface area contributed by atoms with Crippen molar-refractivity contribution in [3.8, 4) is 0 Å². The highest BCUT2D eigenvalue weighted by molar-refractivity contribution is 7.84. The summed E-state index contributed by atoms with van der Waals surface area (Å²) in [6.07, 6.45) is 1.45. The van der Waals surface area contributed by atoms with E-state index >= 15 is 0 Å². The summed E-state index contributed by atoms with van der Waals surface area (Å²) in [6.45, 7) is 1.90. The smallest absolute Gasteiger partial charge is 0.139 e. The second kappa shape index (κ2) is 4.67. The zero-order valence-electron chi connectivity index (χ0n) is 9.75. The van der Waals surface area contributed by atoms with Crippen molar-refractivity contribution in [3.05, 3.63) is 35.9 Å². The van der Waals surface area contributed by atoms with Crippen molar-refractivity contribution in [2.24, 2.45) is 7.05 Å². The third-order valence-electron chi connectivity index (χ3n) is 2.59. The van der Waals surface area contributed by atoms with Gasteiger partial charge in [0.15, 0.2) is 0 Å². The molecule has 1 aromatic carbocycles. The van der Waals surface area contributed by atoms with Crippen LogP contribution < -0.4 is 5.73 Å². The Labute approximate surface area is 102 Å². The summed E-state index contributed by atoms with van der Waals surface area (Å²) in [5.41, 5.74) is 7.44. The molecule has 1 unspecified atom stereocenters. The summed E-state index contributed by atoms with van der Waals surface area (Å²) in [4.78, 5) is 4.71. The summed E-state index contributed by atoms with van der Waals surface area (Å²) >= 11 is 0. The molecule has 2 N–H and O–H groups in total. The number of rotatable bonds is 3. The number of nitrogens with zero attached hydrogens (tertiary/aromatic N) is 3. The zero-order chi connectivity index (χ0) is 12.4. The van der Waals surface area contributed by atoms with Gasteiger partial charge in [0.25, 0.3) is 0 Å². The highest BCUT2D eigenvalue weighted by atomic mass is 32.2. The van der Waals surface area contributed by atoms with Crippen LogP contribution in [0.25, 0.3) is 0 Å². The Morgan fingerprint density at radius 2 is 2.24 bits per heavy atom. The number of benzene rings is 1. The lowest BCUT2D eigenvalue weighted by molar-refractivity contribution is 0.675. The Kier molecular flexibility index (Phi) is 3.23. The lowest BCUT2D eigenvalue weighted by Crippen LogP contribution is -2.06. The van der Waals surface area contributed by atoms with Gasteiger partial charge in [-0.1, -0.05) is 12.1 Å². The van der Waals surface area contributed by atoms with Gasteiger partial charge in [0.2, 0.25) is 0 Å². The van der Waals surface area contributed by atoms with Crippen molar-refractivity contribution in [1.29, 1.82) is 0 Å². The lowest BCUT2D eigenvalue weighted by atomic mass is 10.2. The van der Waals surface area contributed by atoms with Crippen LogP contribution in [0.5, 0.6) is 0 Å². The first-order valence-electron chi connectivity index (χ1n) is 5.16. The minimum absolute atomic E-state index is 0.324. The second-order valence-corrected chi connectivity index (χ2v) is 5.20. The number of nitrogens with two attached hydrogens (primary N) is 1. The normalized spacial score (nSPS) is 12.6. The minimum atomic E-state index is -1.19. The van der Waals surface area contributed by atoms with Gasteiger partial charge in [-0.25, -0.2) is 4.98 Å². The Bertz CT molecular complexity index is 564. The molecule has 17 heavy (non-hydrogen) atoms. The molecule has 0 radical (unpaired) electrons. The molecule has 0 fully saturated rings. The van der Waals surface area contributed by atoms with Crippen LogP contribution in [-0.2, 0) is 23.6 Å². The van der Waals surface area contributed by atoms with Crippen molar-refractivity contribution in [3.63, 3.8) is 0 Å². The van der Waals surface area contributed by atoms with E-state index in [9.17, 15) is 4.21 Å². The molecular weight excluding hydrogens is 236 g/mol. The molecule has 5 nitrogen and oxygen atoms in total. The van der Waals surface area contributed by atoms with Gasteiger partial charge in [0.1, 0.15) is 12.2 Å². The third kappa shape index (κ3) is 2.36. The molecule has 0 aliphatic heterocycles. The highest BCUT2D eigenvalue weighted by Crippen LogP contribution is 2.21. The van der Waals surface area contributed by atoms with Gasteiger partial charge in [-0.15, -0.1) is 0 Å². The fourth-order valence-corrected chi connectivity index (χ4v) is 2.79. The maximum absolute atomic E-state index is 12.2. The molecule has 0 aliphatic rings. The largest absolute Gasteiger partial charge is 0.398 e. The fourth-order valence-electron chi connectivity index (χ4n) is 1.50. The second-order valence-electron chi connectivity index (χ2n) is 3.78. The summed E-state index contributed by atoms with van der Waals surface area (Å²) in [5.74, 6) is 1.01. The summed E-state index contributed by atoms with van der Waals surface area (Å²) in [5, 5.41) is 3.94. The van der Waals surface area contributed by atoms with Gasteiger partial charge in [-0.05, 0) is 18.6 Å². The monoisotopic (exact) mass is 250 g/mol. The van der Waals surface area contributed by atoms with Gasteiger partial charge in [0.05, 0.1) is 27.1 Å². The van der Waals surface area contributed by atoms with E-state index in [0.29, 0.717) is 22.2 Å². The summed E-state index contributed by atoms with van der Waals surface area (Å²) in [6, 6.07) is 5.54. The average molecular weight is 250 g/mol. The maximum atomic E-state index is 12.2. The third-order valence-corrected chi connectivity index (χ3v) is 3.96. The van der Waals surface area contributed by atoms with Crippen LogP contribution in [0.2, 0.25) is 0 Å². The van der Waals surface area contributed by atoms with Crippen LogP contribution in [0, 0.1) is 6.92 Å². The molecule has 0 saturated heterocycles. The Balaban J connectivity index is 2.27. The minimum Gasteiger partial charge on any atom is -0.398 e. The number of hydrogen-bond acceptors (Lipinski definition) is 4. The van der Waals surface area contributed by atoms with E-state index in [0.717, 1.165) is 5.56 Å². The molecule has 0 amide bonds. The Morgan fingerprint density at radius 3 is 2.88 bits per heavy atom.